The molecule has 0 N–H and O–H groups in total. The predicted octanol–water partition coefficient (Wildman–Crippen LogP) is 3.99. The van der Waals surface area contributed by atoms with Gasteiger partial charge in [0.25, 0.3) is 10.0 Å². The van der Waals surface area contributed by atoms with Gasteiger partial charge in [-0.25, -0.2) is 8.42 Å². The maximum Gasteiger partial charge on any atom is 0.252 e. The second-order valence-corrected chi connectivity index (χ2v) is 12.5. The number of hydrogen-bond acceptors (Lipinski definition) is 7. The standard InChI is InChI=1S/C25H30N4O4S2/c1-18-26-24(27-33-18)22-16-23(34-17-22)35(31,32)29-13-9-21(10-14-29)25(30)28-11-7-20(8-12-28)15-19-5-3-2-4-6-19/h2-6,16-17,20-21H,7-15H2,1H3. The summed E-state index contributed by atoms with van der Waals surface area (Å²) in [7, 11) is -3.61. The van der Waals surface area contributed by atoms with Crippen LogP contribution in [0, 0.1) is 18.8 Å². The van der Waals surface area contributed by atoms with Crippen LogP contribution in [0.1, 0.15) is 37.1 Å². The summed E-state index contributed by atoms with van der Waals surface area (Å²) >= 11 is 1.16. The molecule has 0 atom stereocenters. The highest BCUT2D eigenvalue weighted by Gasteiger charge is 2.35. The lowest BCUT2D eigenvalue weighted by Crippen LogP contribution is -2.46. The van der Waals surface area contributed by atoms with Crippen molar-refractivity contribution in [2.75, 3.05) is 26.2 Å². The van der Waals surface area contributed by atoms with Crippen LogP contribution in [0.15, 0.2) is 50.5 Å². The third-order valence-electron chi connectivity index (χ3n) is 7.05. The maximum atomic E-state index is 13.2. The zero-order chi connectivity index (χ0) is 24.4. The van der Waals surface area contributed by atoms with E-state index in [1.165, 1.54) is 9.87 Å². The quantitative estimate of drug-likeness (QED) is 0.494. The first-order valence-corrected chi connectivity index (χ1v) is 14.4. The van der Waals surface area contributed by atoms with Crippen LogP contribution in [0.4, 0.5) is 0 Å². The van der Waals surface area contributed by atoms with E-state index in [0.29, 0.717) is 49.1 Å². The van der Waals surface area contributed by atoms with Crippen molar-refractivity contribution in [3.63, 3.8) is 0 Å². The molecule has 0 saturated carbocycles. The SMILES string of the molecule is Cc1nc(-c2csc(S(=O)(=O)N3CCC(C(=O)N4CCC(Cc5ccccc5)CC4)CC3)c2)no1. The van der Waals surface area contributed by atoms with E-state index in [9.17, 15) is 13.2 Å². The molecular weight excluding hydrogens is 484 g/mol. The molecule has 0 bridgehead atoms. The highest BCUT2D eigenvalue weighted by molar-refractivity contribution is 7.91. The zero-order valence-electron chi connectivity index (χ0n) is 19.8. The van der Waals surface area contributed by atoms with Gasteiger partial charge in [-0.1, -0.05) is 35.5 Å². The van der Waals surface area contributed by atoms with Gasteiger partial charge in [-0.3, -0.25) is 4.79 Å². The molecular formula is C25H30N4O4S2. The molecule has 4 heterocycles. The molecule has 2 saturated heterocycles. The Morgan fingerprint density at radius 1 is 1.09 bits per heavy atom. The van der Waals surface area contributed by atoms with Gasteiger partial charge in [-0.2, -0.15) is 9.29 Å². The van der Waals surface area contributed by atoms with E-state index in [2.05, 4.69) is 34.4 Å². The van der Waals surface area contributed by atoms with Gasteiger partial charge in [0.2, 0.25) is 17.6 Å². The van der Waals surface area contributed by atoms with E-state index in [1.54, 1.807) is 18.4 Å². The number of carbonyl (C=O) groups excluding carboxylic acids is 1. The van der Waals surface area contributed by atoms with Gasteiger partial charge >= 0.3 is 0 Å². The van der Waals surface area contributed by atoms with Crippen LogP contribution in [-0.4, -0.2) is 59.8 Å². The monoisotopic (exact) mass is 514 g/mol. The normalized spacial score (nSPS) is 18.7. The molecule has 0 unspecified atom stereocenters. The summed E-state index contributed by atoms with van der Waals surface area (Å²) in [6, 6.07) is 12.1. The van der Waals surface area contributed by atoms with E-state index in [-0.39, 0.29) is 16.0 Å². The van der Waals surface area contributed by atoms with Crippen LogP contribution < -0.4 is 0 Å². The molecule has 2 aliphatic heterocycles. The average Bonchev–Trinajstić information content (AvgIpc) is 3.55. The number of likely N-dealkylation sites (tertiary alicyclic amines) is 1. The molecule has 3 aromatic rings. The van der Waals surface area contributed by atoms with Gasteiger partial charge in [0.05, 0.1) is 0 Å². The van der Waals surface area contributed by atoms with Crippen molar-refractivity contribution in [3.8, 4) is 11.4 Å². The summed E-state index contributed by atoms with van der Waals surface area (Å²) in [5, 5.41) is 5.59. The fraction of sp³-hybridized carbons (Fsp3) is 0.480. The molecule has 2 aliphatic rings. The van der Waals surface area contributed by atoms with Crippen molar-refractivity contribution >= 4 is 27.3 Å². The highest BCUT2D eigenvalue weighted by Crippen LogP contribution is 2.32. The Morgan fingerprint density at radius 2 is 1.80 bits per heavy atom. The number of benzene rings is 1. The summed E-state index contributed by atoms with van der Waals surface area (Å²) in [4.78, 5) is 19.3. The van der Waals surface area contributed by atoms with Crippen molar-refractivity contribution in [2.24, 2.45) is 11.8 Å². The number of nitrogens with zero attached hydrogens (tertiary/aromatic N) is 4. The minimum absolute atomic E-state index is 0.103. The Kier molecular flexibility index (Phi) is 7.04. The summed E-state index contributed by atoms with van der Waals surface area (Å²) in [5.41, 5.74) is 1.99. The molecule has 8 nitrogen and oxygen atoms in total. The Hall–Kier alpha value is -2.56. The van der Waals surface area contributed by atoms with Crippen LogP contribution >= 0.6 is 11.3 Å². The van der Waals surface area contributed by atoms with E-state index in [4.69, 9.17) is 4.52 Å². The van der Waals surface area contributed by atoms with Gasteiger partial charge < -0.3 is 9.42 Å². The van der Waals surface area contributed by atoms with E-state index >= 15 is 0 Å². The number of carbonyl (C=O) groups is 1. The van der Waals surface area contributed by atoms with E-state index < -0.39 is 10.0 Å². The lowest BCUT2D eigenvalue weighted by Gasteiger charge is -2.37. The number of thiophene rings is 1. The fourth-order valence-corrected chi connectivity index (χ4v) is 7.80. The summed E-state index contributed by atoms with van der Waals surface area (Å²) in [6.45, 7) is 4.00. The number of sulfonamides is 1. The number of piperidine rings is 2. The van der Waals surface area contributed by atoms with Crippen LogP contribution in [0.25, 0.3) is 11.4 Å². The van der Waals surface area contributed by atoms with Crippen molar-refractivity contribution in [3.05, 3.63) is 53.2 Å². The molecule has 2 fully saturated rings. The second-order valence-electron chi connectivity index (χ2n) is 9.43. The van der Waals surface area contributed by atoms with Gasteiger partial charge in [0.15, 0.2) is 0 Å². The number of aryl methyl sites for hydroxylation is 1. The number of amides is 1. The van der Waals surface area contributed by atoms with Crippen LogP contribution in [-0.2, 0) is 21.2 Å². The van der Waals surface area contributed by atoms with Gasteiger partial charge in [0, 0.05) is 50.0 Å². The molecule has 0 radical (unpaired) electrons. The molecule has 35 heavy (non-hydrogen) atoms. The Balaban J connectivity index is 1.13. The van der Waals surface area contributed by atoms with E-state index in [1.807, 2.05) is 11.0 Å². The van der Waals surface area contributed by atoms with Gasteiger partial charge in [-0.05, 0) is 49.7 Å². The van der Waals surface area contributed by atoms with Crippen molar-refractivity contribution in [2.45, 2.75) is 43.2 Å². The number of aromatic nitrogens is 2. The Labute approximate surface area is 210 Å². The first-order valence-electron chi connectivity index (χ1n) is 12.1. The first kappa shape index (κ1) is 24.1. The number of rotatable bonds is 6. The predicted molar refractivity (Wildman–Crippen MR) is 133 cm³/mol. The van der Waals surface area contributed by atoms with Crippen molar-refractivity contribution in [1.82, 2.24) is 19.3 Å². The third-order valence-corrected chi connectivity index (χ3v) is 10.4. The van der Waals surface area contributed by atoms with Crippen LogP contribution in [0.5, 0.6) is 0 Å². The minimum atomic E-state index is -3.61. The largest absolute Gasteiger partial charge is 0.342 e. The Morgan fingerprint density at radius 3 is 2.46 bits per heavy atom. The zero-order valence-corrected chi connectivity index (χ0v) is 21.4. The van der Waals surface area contributed by atoms with Crippen LogP contribution in [0.2, 0.25) is 0 Å². The topological polar surface area (TPSA) is 96.6 Å². The Bertz CT molecular complexity index is 1260. The van der Waals surface area contributed by atoms with Crippen molar-refractivity contribution < 1.29 is 17.7 Å². The molecule has 1 amide bonds. The smallest absolute Gasteiger partial charge is 0.252 e. The maximum absolute atomic E-state index is 13.2. The average molecular weight is 515 g/mol. The number of hydrogen-bond donors (Lipinski definition) is 0. The second kappa shape index (κ2) is 10.2. The van der Waals surface area contributed by atoms with Crippen molar-refractivity contribution in [1.29, 1.82) is 0 Å². The summed E-state index contributed by atoms with van der Waals surface area (Å²) in [6.07, 6.45) is 4.23. The highest BCUT2D eigenvalue weighted by atomic mass is 32.2. The lowest BCUT2D eigenvalue weighted by atomic mass is 9.89. The summed E-state index contributed by atoms with van der Waals surface area (Å²) < 4.78 is 33.1. The van der Waals surface area contributed by atoms with E-state index in [0.717, 1.165) is 43.7 Å². The third kappa shape index (κ3) is 5.34. The molecule has 0 aliphatic carbocycles. The summed E-state index contributed by atoms with van der Waals surface area (Å²) in [5.74, 6) is 1.51. The first-order chi connectivity index (χ1) is 16.9. The molecule has 1 aromatic carbocycles. The molecule has 5 rings (SSSR count). The minimum Gasteiger partial charge on any atom is -0.342 e. The fourth-order valence-electron chi connectivity index (χ4n) is 5.02. The lowest BCUT2D eigenvalue weighted by molar-refractivity contribution is -0.138. The van der Waals surface area contributed by atoms with Gasteiger partial charge in [-0.15, -0.1) is 11.3 Å². The molecule has 186 valence electrons. The molecule has 10 heteroatoms. The molecule has 2 aromatic heterocycles. The molecule has 0 spiro atoms. The van der Waals surface area contributed by atoms with Crippen LogP contribution in [0.3, 0.4) is 0 Å². The van der Waals surface area contributed by atoms with Gasteiger partial charge in [0.1, 0.15) is 4.21 Å².